The summed E-state index contributed by atoms with van der Waals surface area (Å²) in [6, 6.07) is 10.7. The number of hydrogen-bond acceptors (Lipinski definition) is 5. The summed E-state index contributed by atoms with van der Waals surface area (Å²) >= 11 is 3.30. The van der Waals surface area contributed by atoms with Gasteiger partial charge in [-0.15, -0.1) is 23.1 Å². The minimum Gasteiger partial charge on any atom is -0.315 e. The lowest BCUT2D eigenvalue weighted by molar-refractivity contribution is -0.117. The zero-order valence-electron chi connectivity index (χ0n) is 16.0. The lowest BCUT2D eigenvalue weighted by Gasteiger charge is -2.17. The standard InChI is InChI=1S/C21H25N3OS2/c1-14-4-9-17-18(11-22)21(27-19(17)10-14)23-20(25)13-24(2)12-15-5-7-16(26-3)8-6-15/h5-8,14H,4,9-10,12-13H2,1-3H3,(H,23,25)/t14-/m0/s1. The van der Waals surface area contributed by atoms with Gasteiger partial charge in [0.2, 0.25) is 5.91 Å². The Morgan fingerprint density at radius 2 is 2.15 bits per heavy atom. The van der Waals surface area contributed by atoms with Gasteiger partial charge in [-0.05, 0) is 61.7 Å². The quantitative estimate of drug-likeness (QED) is 0.725. The second-order valence-corrected chi connectivity index (χ2v) is 9.22. The SMILES string of the molecule is CSc1ccc(CN(C)CC(=O)Nc2sc3c(c2C#N)CC[C@H](C)C3)cc1. The van der Waals surface area contributed by atoms with Crippen LogP contribution in [0, 0.1) is 17.2 Å². The maximum atomic E-state index is 12.5. The van der Waals surface area contributed by atoms with Gasteiger partial charge in [0.25, 0.3) is 0 Å². The van der Waals surface area contributed by atoms with Crippen LogP contribution >= 0.6 is 23.1 Å². The van der Waals surface area contributed by atoms with Crippen molar-refractivity contribution in [1.82, 2.24) is 4.90 Å². The molecule has 0 fully saturated rings. The topological polar surface area (TPSA) is 56.1 Å². The molecule has 1 aliphatic carbocycles. The number of thiophene rings is 1. The van der Waals surface area contributed by atoms with E-state index in [4.69, 9.17) is 0 Å². The summed E-state index contributed by atoms with van der Waals surface area (Å²) in [5, 5.41) is 13.3. The number of amides is 1. The number of nitrogens with zero attached hydrogens (tertiary/aromatic N) is 2. The predicted molar refractivity (Wildman–Crippen MR) is 113 cm³/mol. The first kappa shape index (κ1) is 19.9. The molecule has 1 atom stereocenters. The Morgan fingerprint density at radius 1 is 1.41 bits per heavy atom. The van der Waals surface area contributed by atoms with E-state index >= 15 is 0 Å². The van der Waals surface area contributed by atoms with Crippen LogP contribution in [0.3, 0.4) is 0 Å². The van der Waals surface area contributed by atoms with Crippen LogP contribution in [0.15, 0.2) is 29.2 Å². The molecule has 1 aromatic carbocycles. The van der Waals surface area contributed by atoms with Crippen molar-refractivity contribution in [2.24, 2.45) is 5.92 Å². The van der Waals surface area contributed by atoms with Crippen molar-refractivity contribution in [1.29, 1.82) is 5.26 Å². The smallest absolute Gasteiger partial charge is 0.239 e. The van der Waals surface area contributed by atoms with E-state index in [0.717, 1.165) is 29.8 Å². The van der Waals surface area contributed by atoms with Crippen LogP contribution in [0.25, 0.3) is 0 Å². The molecule has 0 spiro atoms. The molecule has 0 saturated heterocycles. The van der Waals surface area contributed by atoms with Crippen LogP contribution in [-0.4, -0.2) is 30.7 Å². The largest absolute Gasteiger partial charge is 0.315 e. The fourth-order valence-electron chi connectivity index (χ4n) is 3.47. The fraction of sp³-hybridized carbons (Fsp3) is 0.429. The number of thioether (sulfide) groups is 1. The zero-order valence-corrected chi connectivity index (χ0v) is 17.7. The van der Waals surface area contributed by atoms with Crippen LogP contribution in [0.5, 0.6) is 0 Å². The van der Waals surface area contributed by atoms with E-state index < -0.39 is 0 Å². The van der Waals surface area contributed by atoms with Crippen LogP contribution in [0.4, 0.5) is 5.00 Å². The van der Waals surface area contributed by atoms with Crippen molar-refractivity contribution in [3.8, 4) is 6.07 Å². The Labute approximate surface area is 169 Å². The highest BCUT2D eigenvalue weighted by Crippen LogP contribution is 2.39. The summed E-state index contributed by atoms with van der Waals surface area (Å²) in [4.78, 5) is 17.0. The van der Waals surface area contributed by atoms with E-state index in [1.54, 1.807) is 23.1 Å². The molecule has 0 aliphatic heterocycles. The number of carbonyl (C=O) groups excluding carboxylic acids is 1. The van der Waals surface area contributed by atoms with Crippen LogP contribution in [0.1, 0.15) is 34.9 Å². The first-order chi connectivity index (χ1) is 13.0. The summed E-state index contributed by atoms with van der Waals surface area (Å²) in [5.74, 6) is 0.580. The summed E-state index contributed by atoms with van der Waals surface area (Å²) in [6.45, 7) is 3.26. The lowest BCUT2D eigenvalue weighted by Crippen LogP contribution is -2.29. The normalized spacial score (nSPS) is 16.0. The van der Waals surface area contributed by atoms with Crippen molar-refractivity contribution in [2.75, 3.05) is 25.2 Å². The molecule has 1 aromatic heterocycles. The Hall–Kier alpha value is -1.81. The highest BCUT2D eigenvalue weighted by Gasteiger charge is 2.24. The number of nitriles is 1. The Kier molecular flexibility index (Phi) is 6.59. The molecule has 3 rings (SSSR count). The molecule has 2 aromatic rings. The highest BCUT2D eigenvalue weighted by atomic mass is 32.2. The van der Waals surface area contributed by atoms with Gasteiger partial charge in [0.1, 0.15) is 11.1 Å². The number of nitrogens with one attached hydrogen (secondary N) is 1. The maximum Gasteiger partial charge on any atom is 0.239 e. The maximum absolute atomic E-state index is 12.5. The van der Waals surface area contributed by atoms with Gasteiger partial charge < -0.3 is 5.32 Å². The number of hydrogen-bond donors (Lipinski definition) is 1. The average Bonchev–Trinajstić information content (AvgIpc) is 2.97. The number of carbonyl (C=O) groups is 1. The van der Waals surface area contributed by atoms with Crippen molar-refractivity contribution < 1.29 is 4.79 Å². The molecule has 27 heavy (non-hydrogen) atoms. The van der Waals surface area contributed by atoms with Crippen LogP contribution in [-0.2, 0) is 24.2 Å². The van der Waals surface area contributed by atoms with Gasteiger partial charge in [0.15, 0.2) is 0 Å². The Morgan fingerprint density at radius 3 is 2.81 bits per heavy atom. The van der Waals surface area contributed by atoms with E-state index in [0.29, 0.717) is 24.6 Å². The lowest BCUT2D eigenvalue weighted by atomic mass is 9.89. The predicted octanol–water partition coefficient (Wildman–Crippen LogP) is 4.54. The van der Waals surface area contributed by atoms with Gasteiger partial charge in [-0.2, -0.15) is 5.26 Å². The van der Waals surface area contributed by atoms with Crippen LogP contribution < -0.4 is 5.32 Å². The first-order valence-corrected chi connectivity index (χ1v) is 11.2. The molecule has 1 aliphatic rings. The molecule has 0 unspecified atom stereocenters. The summed E-state index contributed by atoms with van der Waals surface area (Å²) in [6.07, 6.45) is 5.13. The second kappa shape index (κ2) is 8.92. The number of rotatable bonds is 6. The molecule has 4 nitrogen and oxygen atoms in total. The third-order valence-corrected chi connectivity index (χ3v) is 6.81. The molecular weight excluding hydrogens is 374 g/mol. The number of benzene rings is 1. The van der Waals surface area contributed by atoms with Crippen molar-refractivity contribution in [3.63, 3.8) is 0 Å². The highest BCUT2D eigenvalue weighted by molar-refractivity contribution is 7.98. The Balaban J connectivity index is 1.61. The van der Waals surface area contributed by atoms with Gasteiger partial charge in [-0.3, -0.25) is 9.69 Å². The molecular formula is C21H25N3OS2. The molecule has 0 radical (unpaired) electrons. The average molecular weight is 400 g/mol. The van der Waals surface area contributed by atoms with E-state index in [9.17, 15) is 10.1 Å². The van der Waals surface area contributed by atoms with Gasteiger partial charge in [-0.25, -0.2) is 0 Å². The summed E-state index contributed by atoms with van der Waals surface area (Å²) < 4.78 is 0. The molecule has 1 heterocycles. The van der Waals surface area contributed by atoms with E-state index in [-0.39, 0.29) is 5.91 Å². The van der Waals surface area contributed by atoms with E-state index in [1.807, 2.05) is 11.9 Å². The molecule has 1 amide bonds. The Bertz CT molecular complexity index is 852. The fourth-order valence-corrected chi connectivity index (χ4v) is 5.25. The first-order valence-electron chi connectivity index (χ1n) is 9.16. The molecule has 142 valence electrons. The zero-order chi connectivity index (χ0) is 19.4. The molecule has 0 saturated carbocycles. The molecule has 6 heteroatoms. The number of fused-ring (bicyclic) bond motifs is 1. The van der Waals surface area contributed by atoms with E-state index in [2.05, 4.69) is 48.8 Å². The van der Waals surface area contributed by atoms with Gasteiger partial charge >= 0.3 is 0 Å². The van der Waals surface area contributed by atoms with Crippen molar-refractivity contribution in [2.45, 2.75) is 37.6 Å². The minimum atomic E-state index is -0.0682. The minimum absolute atomic E-state index is 0.0682. The van der Waals surface area contributed by atoms with Gasteiger partial charge in [-0.1, -0.05) is 19.1 Å². The molecule has 1 N–H and O–H groups in total. The monoisotopic (exact) mass is 399 g/mol. The van der Waals surface area contributed by atoms with Crippen molar-refractivity contribution in [3.05, 3.63) is 45.8 Å². The van der Waals surface area contributed by atoms with Gasteiger partial charge in [0.05, 0.1) is 12.1 Å². The number of likely N-dealkylation sites (N-methyl/N-ethyl adjacent to an activating group) is 1. The van der Waals surface area contributed by atoms with Crippen molar-refractivity contribution >= 4 is 34.0 Å². The third-order valence-electron chi connectivity index (χ3n) is 4.90. The second-order valence-electron chi connectivity index (χ2n) is 7.24. The van der Waals surface area contributed by atoms with Crippen LogP contribution in [0.2, 0.25) is 0 Å². The molecule has 0 bridgehead atoms. The van der Waals surface area contributed by atoms with Gasteiger partial charge in [0, 0.05) is 16.3 Å². The van der Waals surface area contributed by atoms with E-state index in [1.165, 1.54) is 15.3 Å². The third kappa shape index (κ3) is 4.92. The summed E-state index contributed by atoms with van der Waals surface area (Å²) in [7, 11) is 1.94. The summed E-state index contributed by atoms with van der Waals surface area (Å²) in [5.41, 5.74) is 3.00. The number of anilines is 1.